The van der Waals surface area contributed by atoms with E-state index in [2.05, 4.69) is 19.1 Å². The van der Waals surface area contributed by atoms with Crippen molar-refractivity contribution < 1.29 is 0 Å². The fourth-order valence-corrected chi connectivity index (χ4v) is 0.236. The molecule has 0 bridgehead atoms. The summed E-state index contributed by atoms with van der Waals surface area (Å²) in [5, 5.41) is 0. The maximum atomic E-state index is 2.12. The molecule has 0 heteroatoms. The van der Waals surface area contributed by atoms with Gasteiger partial charge in [0.15, 0.2) is 0 Å². The van der Waals surface area contributed by atoms with E-state index in [0.717, 1.165) is 6.42 Å². The molecule has 0 aliphatic carbocycles. The predicted octanol–water partition coefficient (Wildman–Crippen LogP) is 3.24. The first-order chi connectivity index (χ1) is 2.41. The standard InChI is InChI=1S/C5H10.2CH4/c1-3-5-4-2;;/h3,5H,4H2,1-2H3;2*1H4. The highest BCUT2D eigenvalue weighted by Gasteiger charge is 1.52. The minimum Gasteiger partial charge on any atom is -0.0917 e. The molecular weight excluding hydrogens is 84.1 g/mol. The minimum atomic E-state index is 0. The molecule has 0 saturated heterocycles. The SMILES string of the molecule is C.C.CC=CCC. The van der Waals surface area contributed by atoms with Crippen molar-refractivity contribution in [3.8, 4) is 0 Å². The summed E-state index contributed by atoms with van der Waals surface area (Å²) in [4.78, 5) is 0. The fourth-order valence-electron chi connectivity index (χ4n) is 0.236. The van der Waals surface area contributed by atoms with Gasteiger partial charge in [0.05, 0.1) is 0 Å². The molecule has 0 aliphatic rings. The Hall–Kier alpha value is -0.260. The van der Waals surface area contributed by atoms with Crippen LogP contribution in [0.5, 0.6) is 0 Å². The molecule has 0 radical (unpaired) electrons. The Bertz CT molecular complexity index is 27.0. The molecule has 0 N–H and O–H groups in total. The summed E-state index contributed by atoms with van der Waals surface area (Å²) in [6.45, 7) is 4.16. The number of hydrogen-bond donors (Lipinski definition) is 0. The maximum absolute atomic E-state index is 2.12. The van der Waals surface area contributed by atoms with E-state index < -0.39 is 0 Å². The summed E-state index contributed by atoms with van der Waals surface area (Å²) in [6, 6.07) is 0. The van der Waals surface area contributed by atoms with Crippen molar-refractivity contribution in [1.29, 1.82) is 0 Å². The van der Waals surface area contributed by atoms with Crippen LogP contribution >= 0.6 is 0 Å². The highest BCUT2D eigenvalue weighted by atomic mass is 13.6. The van der Waals surface area contributed by atoms with Crippen LogP contribution in [-0.4, -0.2) is 0 Å². The van der Waals surface area contributed by atoms with E-state index in [4.69, 9.17) is 0 Å². The maximum Gasteiger partial charge on any atom is -0.0379 e. The molecule has 46 valence electrons. The molecule has 0 aromatic carbocycles. The van der Waals surface area contributed by atoms with E-state index in [1.807, 2.05) is 6.92 Å². The average Bonchev–Trinajstić information content (AvgIpc) is 1.41. The molecule has 0 amide bonds. The second-order valence-electron chi connectivity index (χ2n) is 0.977. The van der Waals surface area contributed by atoms with Crippen molar-refractivity contribution in [3.05, 3.63) is 12.2 Å². The van der Waals surface area contributed by atoms with Gasteiger partial charge in [-0.15, -0.1) is 0 Å². The lowest BCUT2D eigenvalue weighted by atomic mass is 10.4. The van der Waals surface area contributed by atoms with Crippen LogP contribution in [0.4, 0.5) is 0 Å². The Balaban J connectivity index is -0.0000000800. The van der Waals surface area contributed by atoms with Gasteiger partial charge in [-0.2, -0.15) is 0 Å². The van der Waals surface area contributed by atoms with Gasteiger partial charge in [0.2, 0.25) is 0 Å². The van der Waals surface area contributed by atoms with Crippen LogP contribution in [0.2, 0.25) is 0 Å². The second-order valence-corrected chi connectivity index (χ2v) is 0.977. The molecule has 0 heterocycles. The Morgan fingerprint density at radius 3 is 1.71 bits per heavy atom. The number of allylic oxidation sites excluding steroid dienone is 2. The van der Waals surface area contributed by atoms with E-state index >= 15 is 0 Å². The van der Waals surface area contributed by atoms with Gasteiger partial charge in [-0.25, -0.2) is 0 Å². The summed E-state index contributed by atoms with van der Waals surface area (Å²) in [6.07, 6.45) is 5.34. The first-order valence-corrected chi connectivity index (χ1v) is 2.03. The van der Waals surface area contributed by atoms with Gasteiger partial charge in [0, 0.05) is 0 Å². The zero-order chi connectivity index (χ0) is 4.12. The molecule has 0 unspecified atom stereocenters. The van der Waals surface area contributed by atoms with Gasteiger partial charge in [-0.05, 0) is 13.3 Å². The molecule has 0 nitrogen and oxygen atoms in total. The van der Waals surface area contributed by atoms with Crippen LogP contribution in [0.3, 0.4) is 0 Å². The van der Waals surface area contributed by atoms with Crippen LogP contribution in [0.15, 0.2) is 12.2 Å². The number of hydrogen-bond acceptors (Lipinski definition) is 0. The van der Waals surface area contributed by atoms with Crippen LogP contribution in [0.1, 0.15) is 35.1 Å². The molecule has 7 heavy (non-hydrogen) atoms. The predicted molar refractivity (Wildman–Crippen MR) is 38.6 cm³/mol. The fraction of sp³-hybridized carbons (Fsp3) is 0.714. The lowest BCUT2D eigenvalue weighted by molar-refractivity contribution is 1.22. The Kier molecular flexibility index (Phi) is 39.0. The van der Waals surface area contributed by atoms with Crippen molar-refractivity contribution >= 4 is 0 Å². The van der Waals surface area contributed by atoms with Gasteiger partial charge in [-0.3, -0.25) is 0 Å². The van der Waals surface area contributed by atoms with E-state index in [0.29, 0.717) is 0 Å². The van der Waals surface area contributed by atoms with Crippen molar-refractivity contribution in [2.45, 2.75) is 35.1 Å². The first-order valence-electron chi connectivity index (χ1n) is 2.03. The smallest absolute Gasteiger partial charge is 0.0379 e. The topological polar surface area (TPSA) is 0 Å². The highest BCUT2D eigenvalue weighted by Crippen LogP contribution is 1.73. The Morgan fingerprint density at radius 2 is 1.71 bits per heavy atom. The van der Waals surface area contributed by atoms with Gasteiger partial charge >= 0.3 is 0 Å². The summed E-state index contributed by atoms with van der Waals surface area (Å²) in [5.74, 6) is 0. The minimum absolute atomic E-state index is 0. The molecule has 0 spiro atoms. The molecule has 0 fully saturated rings. The molecule has 0 rings (SSSR count). The van der Waals surface area contributed by atoms with Crippen LogP contribution in [0.25, 0.3) is 0 Å². The summed E-state index contributed by atoms with van der Waals surface area (Å²) in [7, 11) is 0. The van der Waals surface area contributed by atoms with Gasteiger partial charge in [0.1, 0.15) is 0 Å². The molecule has 0 aromatic rings. The van der Waals surface area contributed by atoms with E-state index in [-0.39, 0.29) is 14.9 Å². The third-order valence-corrected chi connectivity index (χ3v) is 0.471. The van der Waals surface area contributed by atoms with Gasteiger partial charge in [-0.1, -0.05) is 33.9 Å². The van der Waals surface area contributed by atoms with Gasteiger partial charge < -0.3 is 0 Å². The van der Waals surface area contributed by atoms with Crippen LogP contribution in [0, 0.1) is 0 Å². The highest BCUT2D eigenvalue weighted by molar-refractivity contribution is 4.73. The first kappa shape index (κ1) is 15.9. The Morgan fingerprint density at radius 1 is 1.29 bits per heavy atom. The molecular formula is C7H18. The number of rotatable bonds is 1. The zero-order valence-corrected chi connectivity index (χ0v) is 3.86. The Labute approximate surface area is 48.3 Å². The molecule has 0 aliphatic heterocycles. The van der Waals surface area contributed by atoms with Gasteiger partial charge in [0.25, 0.3) is 0 Å². The second kappa shape index (κ2) is 17.2. The normalized spacial score (nSPS) is 7.14. The summed E-state index contributed by atoms with van der Waals surface area (Å²) >= 11 is 0. The third kappa shape index (κ3) is 26.5. The van der Waals surface area contributed by atoms with Crippen molar-refractivity contribution in [2.75, 3.05) is 0 Å². The third-order valence-electron chi connectivity index (χ3n) is 0.471. The average molecular weight is 102 g/mol. The molecule has 0 aromatic heterocycles. The summed E-state index contributed by atoms with van der Waals surface area (Å²) in [5.41, 5.74) is 0. The largest absolute Gasteiger partial charge is 0.0917 e. The zero-order valence-electron chi connectivity index (χ0n) is 3.86. The monoisotopic (exact) mass is 102 g/mol. The lowest BCUT2D eigenvalue weighted by Gasteiger charge is -1.65. The summed E-state index contributed by atoms with van der Waals surface area (Å²) < 4.78 is 0. The van der Waals surface area contributed by atoms with Crippen molar-refractivity contribution in [3.63, 3.8) is 0 Å². The van der Waals surface area contributed by atoms with Crippen LogP contribution in [-0.2, 0) is 0 Å². The van der Waals surface area contributed by atoms with E-state index in [1.165, 1.54) is 0 Å². The molecule has 0 saturated carbocycles. The van der Waals surface area contributed by atoms with Crippen LogP contribution < -0.4 is 0 Å². The quantitative estimate of drug-likeness (QED) is 0.446. The van der Waals surface area contributed by atoms with E-state index in [9.17, 15) is 0 Å². The van der Waals surface area contributed by atoms with E-state index in [1.54, 1.807) is 0 Å². The molecule has 0 atom stereocenters. The van der Waals surface area contributed by atoms with Crippen molar-refractivity contribution in [2.24, 2.45) is 0 Å². The van der Waals surface area contributed by atoms with Crippen molar-refractivity contribution in [1.82, 2.24) is 0 Å². The lowest BCUT2D eigenvalue weighted by Crippen LogP contribution is -1.43.